The van der Waals surface area contributed by atoms with Crippen molar-refractivity contribution in [2.75, 3.05) is 0 Å². The fraction of sp³-hybridized carbons (Fsp3) is 0.467. The highest BCUT2D eigenvalue weighted by atomic mass is 35.5. The number of amidine groups is 1. The Labute approximate surface area is 129 Å². The standard InChI is InChI=1S/C15H20ClN3O2/c1-10-6-5-7-11(12(10)16)13(20)18-15(14(17)19-21)8-3-2-4-9-15/h5-7,21H,2-4,8-9H2,1H3,(H2,17,19)(H,18,20). The van der Waals surface area contributed by atoms with E-state index in [1.54, 1.807) is 12.1 Å². The van der Waals surface area contributed by atoms with Gasteiger partial charge in [-0.15, -0.1) is 0 Å². The van der Waals surface area contributed by atoms with E-state index in [9.17, 15) is 4.79 Å². The highest BCUT2D eigenvalue weighted by Gasteiger charge is 2.38. The summed E-state index contributed by atoms with van der Waals surface area (Å²) in [4.78, 5) is 12.5. The number of carbonyl (C=O) groups is 1. The summed E-state index contributed by atoms with van der Waals surface area (Å²) >= 11 is 6.19. The van der Waals surface area contributed by atoms with Gasteiger partial charge < -0.3 is 16.3 Å². The minimum Gasteiger partial charge on any atom is -0.409 e. The second kappa shape index (κ2) is 6.35. The fourth-order valence-corrected chi connectivity index (χ4v) is 3.02. The molecule has 6 heteroatoms. The maximum atomic E-state index is 12.5. The molecule has 1 aliphatic carbocycles. The average molecular weight is 310 g/mol. The summed E-state index contributed by atoms with van der Waals surface area (Å²) in [6.07, 6.45) is 4.27. The molecule has 1 saturated carbocycles. The quantitative estimate of drug-likeness (QED) is 0.347. The Hall–Kier alpha value is -1.75. The van der Waals surface area contributed by atoms with Gasteiger partial charge in [-0.3, -0.25) is 4.79 Å². The van der Waals surface area contributed by atoms with Crippen LogP contribution < -0.4 is 11.1 Å². The Balaban J connectivity index is 2.28. The Morgan fingerprint density at radius 3 is 2.67 bits per heavy atom. The summed E-state index contributed by atoms with van der Waals surface area (Å²) in [6.45, 7) is 1.85. The lowest BCUT2D eigenvalue weighted by Gasteiger charge is -2.36. The van der Waals surface area contributed by atoms with E-state index < -0.39 is 5.54 Å². The van der Waals surface area contributed by atoms with Crippen LogP contribution in [0.1, 0.15) is 48.0 Å². The molecule has 0 saturated heterocycles. The molecule has 0 aliphatic heterocycles. The number of nitrogens with two attached hydrogens (primary N) is 1. The molecule has 0 unspecified atom stereocenters. The van der Waals surface area contributed by atoms with Gasteiger partial charge in [0.2, 0.25) is 0 Å². The molecule has 0 atom stereocenters. The summed E-state index contributed by atoms with van der Waals surface area (Å²) in [5, 5.41) is 15.5. The van der Waals surface area contributed by atoms with Crippen molar-refractivity contribution in [2.24, 2.45) is 10.9 Å². The van der Waals surface area contributed by atoms with Crippen LogP contribution in [-0.2, 0) is 0 Å². The molecule has 2 rings (SSSR count). The smallest absolute Gasteiger partial charge is 0.253 e. The number of nitrogens with zero attached hydrogens (tertiary/aromatic N) is 1. The van der Waals surface area contributed by atoms with Gasteiger partial charge in [-0.2, -0.15) is 0 Å². The number of hydrogen-bond donors (Lipinski definition) is 3. The van der Waals surface area contributed by atoms with Crippen molar-refractivity contribution < 1.29 is 10.0 Å². The van der Waals surface area contributed by atoms with E-state index in [0.29, 0.717) is 23.4 Å². The first kappa shape index (κ1) is 15.6. The van der Waals surface area contributed by atoms with Crippen LogP contribution >= 0.6 is 11.6 Å². The molecule has 21 heavy (non-hydrogen) atoms. The summed E-state index contributed by atoms with van der Waals surface area (Å²) < 4.78 is 0. The second-order valence-electron chi connectivity index (χ2n) is 5.52. The van der Waals surface area contributed by atoms with Crippen molar-refractivity contribution in [3.05, 3.63) is 34.3 Å². The van der Waals surface area contributed by atoms with Gasteiger partial charge in [-0.25, -0.2) is 0 Å². The molecular weight excluding hydrogens is 290 g/mol. The average Bonchev–Trinajstić information content (AvgIpc) is 2.50. The van der Waals surface area contributed by atoms with E-state index in [1.807, 2.05) is 13.0 Å². The lowest BCUT2D eigenvalue weighted by molar-refractivity contribution is 0.0906. The molecular formula is C15H20ClN3O2. The van der Waals surface area contributed by atoms with E-state index in [0.717, 1.165) is 24.8 Å². The minimum atomic E-state index is -0.781. The van der Waals surface area contributed by atoms with E-state index in [1.165, 1.54) is 0 Å². The Kier molecular flexibility index (Phi) is 4.73. The third-order valence-electron chi connectivity index (χ3n) is 4.09. The lowest BCUT2D eigenvalue weighted by Crippen LogP contribution is -2.58. The number of benzene rings is 1. The molecule has 0 bridgehead atoms. The SMILES string of the molecule is Cc1cccc(C(=O)NC2(/C(N)=N/O)CCCCC2)c1Cl. The molecule has 1 aromatic carbocycles. The molecule has 5 nitrogen and oxygen atoms in total. The monoisotopic (exact) mass is 309 g/mol. The van der Waals surface area contributed by atoms with Crippen LogP contribution in [0.25, 0.3) is 0 Å². The predicted octanol–water partition coefficient (Wildman–Crippen LogP) is 2.83. The number of nitrogens with one attached hydrogen (secondary N) is 1. The van der Waals surface area contributed by atoms with Gasteiger partial charge in [0, 0.05) is 0 Å². The maximum Gasteiger partial charge on any atom is 0.253 e. The van der Waals surface area contributed by atoms with Gasteiger partial charge in [0.25, 0.3) is 5.91 Å². The molecule has 0 radical (unpaired) electrons. The van der Waals surface area contributed by atoms with Crippen molar-refractivity contribution in [3.8, 4) is 0 Å². The van der Waals surface area contributed by atoms with Gasteiger partial charge in [0.15, 0.2) is 5.84 Å². The van der Waals surface area contributed by atoms with Crippen LogP contribution in [0.4, 0.5) is 0 Å². The van der Waals surface area contributed by atoms with Crippen molar-refractivity contribution in [1.29, 1.82) is 0 Å². The van der Waals surface area contributed by atoms with Gasteiger partial charge in [0.1, 0.15) is 5.54 Å². The van der Waals surface area contributed by atoms with Crippen molar-refractivity contribution >= 4 is 23.3 Å². The number of amides is 1. The highest BCUT2D eigenvalue weighted by Crippen LogP contribution is 2.29. The zero-order valence-electron chi connectivity index (χ0n) is 12.0. The molecule has 0 aromatic heterocycles. The van der Waals surface area contributed by atoms with Crippen molar-refractivity contribution in [3.63, 3.8) is 0 Å². The van der Waals surface area contributed by atoms with Crippen molar-refractivity contribution in [2.45, 2.75) is 44.6 Å². The number of hydrogen-bond acceptors (Lipinski definition) is 3. The lowest BCUT2D eigenvalue weighted by atomic mass is 9.80. The van der Waals surface area contributed by atoms with E-state index in [4.69, 9.17) is 22.5 Å². The molecule has 0 heterocycles. The van der Waals surface area contributed by atoms with Crippen molar-refractivity contribution in [1.82, 2.24) is 5.32 Å². The van der Waals surface area contributed by atoms with Gasteiger partial charge in [-0.05, 0) is 31.4 Å². The molecule has 114 valence electrons. The number of oxime groups is 1. The van der Waals surface area contributed by atoms with Crippen LogP contribution in [0.15, 0.2) is 23.4 Å². The number of rotatable bonds is 3. The molecule has 0 spiro atoms. The zero-order chi connectivity index (χ0) is 15.5. The zero-order valence-corrected chi connectivity index (χ0v) is 12.8. The predicted molar refractivity (Wildman–Crippen MR) is 82.9 cm³/mol. The first-order valence-electron chi connectivity index (χ1n) is 7.06. The minimum absolute atomic E-state index is 0.0549. The largest absolute Gasteiger partial charge is 0.409 e. The van der Waals surface area contributed by atoms with Crippen LogP contribution in [0.3, 0.4) is 0 Å². The fourth-order valence-electron chi connectivity index (χ4n) is 2.80. The van der Waals surface area contributed by atoms with Gasteiger partial charge in [-0.1, -0.05) is 48.2 Å². The molecule has 4 N–H and O–H groups in total. The summed E-state index contributed by atoms with van der Waals surface area (Å²) in [5.41, 5.74) is 6.30. The topological polar surface area (TPSA) is 87.7 Å². The first-order chi connectivity index (χ1) is 10.00. The molecule has 1 aromatic rings. The van der Waals surface area contributed by atoms with Crippen LogP contribution in [0, 0.1) is 6.92 Å². The van der Waals surface area contributed by atoms with Crippen LogP contribution in [0.2, 0.25) is 5.02 Å². The summed E-state index contributed by atoms with van der Waals surface area (Å²) in [6, 6.07) is 5.31. The van der Waals surface area contributed by atoms with E-state index in [-0.39, 0.29) is 11.7 Å². The third-order valence-corrected chi connectivity index (χ3v) is 4.60. The van der Waals surface area contributed by atoms with E-state index in [2.05, 4.69) is 10.5 Å². The van der Waals surface area contributed by atoms with Gasteiger partial charge in [0.05, 0.1) is 10.6 Å². The molecule has 1 fully saturated rings. The second-order valence-corrected chi connectivity index (χ2v) is 5.90. The normalized spacial score (nSPS) is 18.3. The first-order valence-corrected chi connectivity index (χ1v) is 7.43. The van der Waals surface area contributed by atoms with Crippen LogP contribution in [0.5, 0.6) is 0 Å². The summed E-state index contributed by atoms with van der Waals surface area (Å²) in [5.74, 6) is -0.239. The Morgan fingerprint density at radius 2 is 2.05 bits per heavy atom. The van der Waals surface area contributed by atoms with Gasteiger partial charge >= 0.3 is 0 Å². The molecule has 1 aliphatic rings. The van der Waals surface area contributed by atoms with E-state index >= 15 is 0 Å². The number of carbonyl (C=O) groups excluding carboxylic acids is 1. The highest BCUT2D eigenvalue weighted by molar-refractivity contribution is 6.34. The Morgan fingerprint density at radius 1 is 1.38 bits per heavy atom. The summed E-state index contributed by atoms with van der Waals surface area (Å²) in [7, 11) is 0. The number of halogens is 1. The third kappa shape index (κ3) is 3.13. The number of aryl methyl sites for hydroxylation is 1. The molecule has 1 amide bonds. The maximum absolute atomic E-state index is 12.5. The van der Waals surface area contributed by atoms with Crippen LogP contribution in [-0.4, -0.2) is 22.5 Å². The Bertz CT molecular complexity index is 566.